The van der Waals surface area contributed by atoms with Gasteiger partial charge in [-0.05, 0) is 25.0 Å². The number of hydrogen-bond acceptors (Lipinski definition) is 3. The van der Waals surface area contributed by atoms with Gasteiger partial charge in [-0.15, -0.1) is 0 Å². The summed E-state index contributed by atoms with van der Waals surface area (Å²) in [5.74, 6) is 0. The predicted octanol–water partition coefficient (Wildman–Crippen LogP) is 2.12. The average Bonchev–Trinajstić information content (AvgIpc) is 2.85. The zero-order valence-corrected chi connectivity index (χ0v) is 9.14. The molecule has 0 atom stereocenters. The van der Waals surface area contributed by atoms with Crippen LogP contribution in [0, 0.1) is 0 Å². The second-order valence-electron chi connectivity index (χ2n) is 4.27. The first-order valence-electron chi connectivity index (χ1n) is 5.70. The van der Waals surface area contributed by atoms with Gasteiger partial charge in [-0.3, -0.25) is 5.10 Å². The summed E-state index contributed by atoms with van der Waals surface area (Å²) >= 11 is 0. The second kappa shape index (κ2) is 3.13. The van der Waals surface area contributed by atoms with Crippen LogP contribution < -0.4 is 0 Å². The number of fused-ring (bicyclic) bond motifs is 4. The maximum atomic E-state index is 4.71. The lowest BCUT2D eigenvalue weighted by Crippen LogP contribution is -2.07. The minimum atomic E-state index is 0.933. The Labute approximate surface area is 97.7 Å². The molecule has 1 aliphatic rings. The smallest absolute Gasteiger partial charge is 0.0959 e. The molecule has 2 heterocycles. The van der Waals surface area contributed by atoms with Gasteiger partial charge in [-0.25, -0.2) is 9.97 Å². The van der Waals surface area contributed by atoms with Crippen LogP contribution in [0.5, 0.6) is 0 Å². The van der Waals surface area contributed by atoms with Crippen LogP contribution in [-0.4, -0.2) is 20.2 Å². The van der Waals surface area contributed by atoms with Gasteiger partial charge in [-0.1, -0.05) is 12.1 Å². The van der Waals surface area contributed by atoms with Crippen LogP contribution in [0.4, 0.5) is 0 Å². The molecule has 4 nitrogen and oxygen atoms in total. The number of para-hydroxylation sites is 2. The predicted molar refractivity (Wildman–Crippen MR) is 64.5 cm³/mol. The standard InChI is InChI=1S/C13H10N4/c1-2-4-11-10(3-1)15-12-6-5-9-8(7-14-17-9)13(12)16-11/h1-4,7H,5-6H2,(H,14,17). The van der Waals surface area contributed by atoms with Crippen molar-refractivity contribution >= 4 is 11.0 Å². The molecule has 1 aromatic carbocycles. The Kier molecular flexibility index (Phi) is 1.63. The van der Waals surface area contributed by atoms with Gasteiger partial charge in [0.05, 0.1) is 28.6 Å². The van der Waals surface area contributed by atoms with Gasteiger partial charge in [0.15, 0.2) is 0 Å². The van der Waals surface area contributed by atoms with E-state index >= 15 is 0 Å². The Hall–Kier alpha value is -2.23. The number of nitrogens with zero attached hydrogens (tertiary/aromatic N) is 3. The summed E-state index contributed by atoms with van der Waals surface area (Å²) in [6.45, 7) is 0. The average molecular weight is 222 g/mol. The van der Waals surface area contributed by atoms with Crippen molar-refractivity contribution in [3.8, 4) is 11.3 Å². The number of hydrogen-bond donors (Lipinski definition) is 1. The molecular formula is C13H10N4. The Bertz CT molecular complexity index is 714. The highest BCUT2D eigenvalue weighted by Gasteiger charge is 2.20. The number of aromatic nitrogens is 4. The molecule has 1 aliphatic carbocycles. The van der Waals surface area contributed by atoms with E-state index in [0.717, 1.165) is 40.8 Å². The lowest BCUT2D eigenvalue weighted by molar-refractivity contribution is 0.851. The summed E-state index contributed by atoms with van der Waals surface area (Å²) in [5, 5.41) is 7.12. The maximum absolute atomic E-state index is 4.71. The monoisotopic (exact) mass is 222 g/mol. The van der Waals surface area contributed by atoms with Crippen molar-refractivity contribution in [2.24, 2.45) is 0 Å². The molecule has 0 saturated carbocycles. The first-order chi connectivity index (χ1) is 8.42. The molecule has 82 valence electrons. The Morgan fingerprint density at radius 2 is 1.82 bits per heavy atom. The Morgan fingerprint density at radius 1 is 1.00 bits per heavy atom. The van der Waals surface area contributed by atoms with Crippen molar-refractivity contribution in [1.82, 2.24) is 20.2 Å². The highest BCUT2D eigenvalue weighted by Crippen LogP contribution is 2.30. The van der Waals surface area contributed by atoms with E-state index in [1.165, 1.54) is 5.69 Å². The SMILES string of the molecule is c1ccc2nc3c(nc2c1)CCc1[nH]ncc1-3. The van der Waals surface area contributed by atoms with Crippen molar-refractivity contribution < 1.29 is 0 Å². The van der Waals surface area contributed by atoms with E-state index in [-0.39, 0.29) is 0 Å². The topological polar surface area (TPSA) is 54.5 Å². The van der Waals surface area contributed by atoms with E-state index in [2.05, 4.69) is 10.2 Å². The first-order valence-corrected chi connectivity index (χ1v) is 5.70. The summed E-state index contributed by atoms with van der Waals surface area (Å²) in [6, 6.07) is 7.99. The molecule has 0 saturated heterocycles. The molecule has 1 N–H and O–H groups in total. The fraction of sp³-hybridized carbons (Fsp3) is 0.154. The number of rotatable bonds is 0. The van der Waals surface area contributed by atoms with E-state index in [4.69, 9.17) is 9.97 Å². The molecule has 17 heavy (non-hydrogen) atoms. The lowest BCUT2D eigenvalue weighted by atomic mass is 9.98. The van der Waals surface area contributed by atoms with Crippen molar-refractivity contribution in [3.63, 3.8) is 0 Å². The summed E-state index contributed by atoms with van der Waals surface area (Å²) in [4.78, 5) is 9.40. The van der Waals surface area contributed by atoms with Gasteiger partial charge in [0, 0.05) is 11.3 Å². The summed E-state index contributed by atoms with van der Waals surface area (Å²) < 4.78 is 0. The number of benzene rings is 1. The van der Waals surface area contributed by atoms with Gasteiger partial charge in [0.25, 0.3) is 0 Å². The normalized spacial score (nSPS) is 13.4. The van der Waals surface area contributed by atoms with Crippen LogP contribution >= 0.6 is 0 Å². The second-order valence-corrected chi connectivity index (χ2v) is 4.27. The third-order valence-corrected chi connectivity index (χ3v) is 3.23. The molecule has 0 aliphatic heterocycles. The maximum Gasteiger partial charge on any atom is 0.0959 e. The van der Waals surface area contributed by atoms with E-state index in [9.17, 15) is 0 Å². The van der Waals surface area contributed by atoms with Crippen LogP contribution in [0.15, 0.2) is 30.5 Å². The highest BCUT2D eigenvalue weighted by atomic mass is 15.1. The first kappa shape index (κ1) is 8.87. The van der Waals surface area contributed by atoms with Crippen LogP contribution in [0.2, 0.25) is 0 Å². The van der Waals surface area contributed by atoms with Crippen LogP contribution in [0.1, 0.15) is 11.4 Å². The molecule has 0 spiro atoms. The summed E-state index contributed by atoms with van der Waals surface area (Å²) in [7, 11) is 0. The quantitative estimate of drug-likeness (QED) is 0.633. The number of nitrogens with one attached hydrogen (secondary N) is 1. The molecular weight excluding hydrogens is 212 g/mol. The molecule has 0 bridgehead atoms. The molecule has 3 aromatic rings. The van der Waals surface area contributed by atoms with E-state index in [1.807, 2.05) is 30.5 Å². The molecule has 2 aromatic heterocycles. The van der Waals surface area contributed by atoms with Gasteiger partial charge in [0.1, 0.15) is 0 Å². The van der Waals surface area contributed by atoms with Gasteiger partial charge in [0.2, 0.25) is 0 Å². The zero-order valence-electron chi connectivity index (χ0n) is 9.14. The van der Waals surface area contributed by atoms with Crippen LogP contribution in [0.25, 0.3) is 22.3 Å². The van der Waals surface area contributed by atoms with Gasteiger partial charge >= 0.3 is 0 Å². The van der Waals surface area contributed by atoms with E-state index in [1.54, 1.807) is 0 Å². The third kappa shape index (κ3) is 1.21. The molecule has 0 fully saturated rings. The summed E-state index contributed by atoms with van der Waals surface area (Å²) in [5.41, 5.74) is 6.25. The fourth-order valence-corrected chi connectivity index (χ4v) is 2.38. The van der Waals surface area contributed by atoms with Crippen molar-refractivity contribution in [2.45, 2.75) is 12.8 Å². The minimum Gasteiger partial charge on any atom is -0.282 e. The van der Waals surface area contributed by atoms with Crippen molar-refractivity contribution in [2.75, 3.05) is 0 Å². The van der Waals surface area contributed by atoms with Gasteiger partial charge in [-0.2, -0.15) is 5.10 Å². The van der Waals surface area contributed by atoms with Crippen LogP contribution in [0.3, 0.4) is 0 Å². The number of aryl methyl sites for hydroxylation is 2. The molecule has 0 radical (unpaired) electrons. The fourth-order valence-electron chi connectivity index (χ4n) is 2.38. The highest BCUT2D eigenvalue weighted by molar-refractivity contribution is 5.79. The van der Waals surface area contributed by atoms with Crippen molar-refractivity contribution in [3.05, 3.63) is 41.9 Å². The zero-order chi connectivity index (χ0) is 11.2. The number of H-pyrrole nitrogens is 1. The molecule has 4 rings (SSSR count). The van der Waals surface area contributed by atoms with Crippen LogP contribution in [-0.2, 0) is 12.8 Å². The molecule has 0 amide bonds. The van der Waals surface area contributed by atoms with Crippen molar-refractivity contribution in [1.29, 1.82) is 0 Å². The minimum absolute atomic E-state index is 0.933. The Morgan fingerprint density at radius 3 is 2.71 bits per heavy atom. The lowest BCUT2D eigenvalue weighted by Gasteiger charge is -2.14. The molecule has 0 unspecified atom stereocenters. The largest absolute Gasteiger partial charge is 0.282 e. The van der Waals surface area contributed by atoms with E-state index in [0.29, 0.717) is 0 Å². The molecule has 4 heteroatoms. The van der Waals surface area contributed by atoms with E-state index < -0.39 is 0 Å². The third-order valence-electron chi connectivity index (χ3n) is 3.23. The number of aromatic amines is 1. The van der Waals surface area contributed by atoms with Gasteiger partial charge < -0.3 is 0 Å². The Balaban J connectivity index is 2.08. The summed E-state index contributed by atoms with van der Waals surface area (Å²) in [6.07, 6.45) is 3.74.